The van der Waals surface area contributed by atoms with Crippen molar-refractivity contribution in [3.05, 3.63) is 29.2 Å². The van der Waals surface area contributed by atoms with Gasteiger partial charge in [0, 0.05) is 23.5 Å². The SMILES string of the molecule is CC1(C)CC2=Cc3cocc3C[C@@](C)(O)[C@@H]2C1. The second-order valence-corrected chi connectivity index (χ2v) is 6.70. The van der Waals surface area contributed by atoms with E-state index in [4.69, 9.17) is 4.42 Å². The van der Waals surface area contributed by atoms with Crippen LogP contribution in [0.1, 0.15) is 44.7 Å². The van der Waals surface area contributed by atoms with E-state index in [1.54, 1.807) is 12.5 Å². The van der Waals surface area contributed by atoms with E-state index in [9.17, 15) is 5.11 Å². The van der Waals surface area contributed by atoms with Gasteiger partial charge in [-0.05, 0) is 25.2 Å². The molecule has 3 rings (SSSR count). The fourth-order valence-electron chi connectivity index (χ4n) is 3.51. The predicted molar refractivity (Wildman–Crippen MR) is 67.5 cm³/mol. The van der Waals surface area contributed by atoms with E-state index >= 15 is 0 Å². The molecule has 1 aromatic rings. The monoisotopic (exact) mass is 232 g/mol. The summed E-state index contributed by atoms with van der Waals surface area (Å²) >= 11 is 0. The summed E-state index contributed by atoms with van der Waals surface area (Å²) in [7, 11) is 0. The Hall–Kier alpha value is -1.02. The van der Waals surface area contributed by atoms with Gasteiger partial charge in [0.05, 0.1) is 18.1 Å². The number of rotatable bonds is 0. The van der Waals surface area contributed by atoms with Crippen LogP contribution in [0.2, 0.25) is 0 Å². The molecule has 0 saturated heterocycles. The van der Waals surface area contributed by atoms with Gasteiger partial charge in [-0.25, -0.2) is 0 Å². The normalized spacial score (nSPS) is 34.8. The molecular formula is C15H20O2. The molecule has 0 spiro atoms. The van der Waals surface area contributed by atoms with Crippen LogP contribution in [0, 0.1) is 11.3 Å². The number of aliphatic hydroxyl groups is 1. The van der Waals surface area contributed by atoms with Crippen molar-refractivity contribution in [3.8, 4) is 0 Å². The number of furan rings is 1. The van der Waals surface area contributed by atoms with Gasteiger partial charge in [0.25, 0.3) is 0 Å². The fraction of sp³-hybridized carbons (Fsp3) is 0.600. The highest BCUT2D eigenvalue weighted by molar-refractivity contribution is 5.59. The summed E-state index contributed by atoms with van der Waals surface area (Å²) < 4.78 is 5.26. The Morgan fingerprint density at radius 1 is 1.24 bits per heavy atom. The van der Waals surface area contributed by atoms with E-state index in [0.717, 1.165) is 24.0 Å². The molecular weight excluding hydrogens is 212 g/mol. The zero-order valence-electron chi connectivity index (χ0n) is 10.8. The Bertz CT molecular complexity index is 477. The van der Waals surface area contributed by atoms with Crippen molar-refractivity contribution in [2.45, 2.75) is 45.6 Å². The highest BCUT2D eigenvalue weighted by Crippen LogP contribution is 2.51. The second kappa shape index (κ2) is 3.26. The van der Waals surface area contributed by atoms with Gasteiger partial charge in [-0.15, -0.1) is 0 Å². The zero-order chi connectivity index (χ0) is 12.3. The smallest absolute Gasteiger partial charge is 0.0977 e. The Kier molecular flexibility index (Phi) is 2.13. The van der Waals surface area contributed by atoms with Crippen LogP contribution in [0.3, 0.4) is 0 Å². The van der Waals surface area contributed by atoms with Gasteiger partial charge in [-0.3, -0.25) is 0 Å². The Balaban J connectivity index is 2.10. The summed E-state index contributed by atoms with van der Waals surface area (Å²) in [5.41, 5.74) is 3.34. The van der Waals surface area contributed by atoms with Gasteiger partial charge >= 0.3 is 0 Å². The number of hydrogen-bond donors (Lipinski definition) is 1. The van der Waals surface area contributed by atoms with Crippen molar-refractivity contribution in [1.82, 2.24) is 0 Å². The van der Waals surface area contributed by atoms with E-state index in [-0.39, 0.29) is 0 Å². The molecule has 1 aromatic heterocycles. The number of fused-ring (bicyclic) bond motifs is 2. The first-order valence-electron chi connectivity index (χ1n) is 6.35. The largest absolute Gasteiger partial charge is 0.472 e. The summed E-state index contributed by atoms with van der Waals surface area (Å²) in [6.45, 7) is 6.54. The minimum atomic E-state index is -0.644. The molecule has 2 aliphatic carbocycles. The lowest BCUT2D eigenvalue weighted by molar-refractivity contribution is 0.0114. The maximum absolute atomic E-state index is 10.7. The predicted octanol–water partition coefficient (Wildman–Crippen LogP) is 3.41. The first kappa shape index (κ1) is 11.1. The standard InChI is InChI=1S/C15H20O2/c1-14(2)5-10-4-11-8-17-9-12(11)6-15(3,16)13(10)7-14/h4,8-9,13,16H,5-7H2,1-3H3/t13-,15-/m1/s1. The molecule has 2 heteroatoms. The third-order valence-electron chi connectivity index (χ3n) is 4.30. The zero-order valence-corrected chi connectivity index (χ0v) is 10.8. The molecule has 0 unspecified atom stereocenters. The lowest BCUT2D eigenvalue weighted by atomic mass is 9.80. The average Bonchev–Trinajstić information content (AvgIpc) is 2.69. The van der Waals surface area contributed by atoms with Gasteiger partial charge in [0.1, 0.15) is 0 Å². The lowest BCUT2D eigenvalue weighted by Crippen LogP contribution is -2.36. The topological polar surface area (TPSA) is 33.4 Å². The molecule has 17 heavy (non-hydrogen) atoms. The quantitative estimate of drug-likeness (QED) is 0.743. The van der Waals surface area contributed by atoms with Gasteiger partial charge in [0.15, 0.2) is 0 Å². The van der Waals surface area contributed by atoms with Crippen molar-refractivity contribution in [3.63, 3.8) is 0 Å². The van der Waals surface area contributed by atoms with E-state index in [0.29, 0.717) is 17.8 Å². The fourth-order valence-corrected chi connectivity index (χ4v) is 3.51. The molecule has 1 N–H and O–H groups in total. The van der Waals surface area contributed by atoms with Gasteiger partial charge < -0.3 is 9.52 Å². The van der Waals surface area contributed by atoms with Crippen LogP contribution < -0.4 is 0 Å². The van der Waals surface area contributed by atoms with E-state index < -0.39 is 5.60 Å². The molecule has 2 atom stereocenters. The molecule has 2 nitrogen and oxygen atoms in total. The van der Waals surface area contributed by atoms with Gasteiger partial charge in [-0.1, -0.05) is 25.5 Å². The van der Waals surface area contributed by atoms with E-state index in [2.05, 4.69) is 19.9 Å². The summed E-state index contributed by atoms with van der Waals surface area (Å²) in [6, 6.07) is 0. The first-order chi connectivity index (χ1) is 7.87. The van der Waals surface area contributed by atoms with Crippen LogP contribution in [0.25, 0.3) is 6.08 Å². The maximum Gasteiger partial charge on any atom is 0.0977 e. The third kappa shape index (κ3) is 1.75. The molecule has 0 aliphatic heterocycles. The lowest BCUT2D eigenvalue weighted by Gasteiger charge is -2.30. The van der Waals surface area contributed by atoms with Crippen molar-refractivity contribution >= 4 is 6.08 Å². The van der Waals surface area contributed by atoms with Gasteiger partial charge in [-0.2, -0.15) is 0 Å². The van der Waals surface area contributed by atoms with E-state index in [1.165, 1.54) is 5.57 Å². The van der Waals surface area contributed by atoms with Crippen molar-refractivity contribution in [2.24, 2.45) is 11.3 Å². The van der Waals surface area contributed by atoms with Crippen molar-refractivity contribution in [2.75, 3.05) is 0 Å². The Morgan fingerprint density at radius 2 is 2.00 bits per heavy atom. The van der Waals surface area contributed by atoms with Gasteiger partial charge in [0.2, 0.25) is 0 Å². The minimum absolute atomic E-state index is 0.296. The molecule has 0 amide bonds. The van der Waals surface area contributed by atoms with E-state index in [1.807, 2.05) is 6.92 Å². The van der Waals surface area contributed by atoms with Crippen LogP contribution >= 0.6 is 0 Å². The Morgan fingerprint density at radius 3 is 2.76 bits per heavy atom. The highest BCUT2D eigenvalue weighted by atomic mass is 16.3. The maximum atomic E-state index is 10.7. The third-order valence-corrected chi connectivity index (χ3v) is 4.30. The molecule has 1 saturated carbocycles. The summed E-state index contributed by atoms with van der Waals surface area (Å²) in [5.74, 6) is 0.296. The summed E-state index contributed by atoms with van der Waals surface area (Å²) in [5, 5.41) is 10.7. The first-order valence-corrected chi connectivity index (χ1v) is 6.35. The second-order valence-electron chi connectivity index (χ2n) is 6.70. The van der Waals surface area contributed by atoms with Crippen LogP contribution in [0.15, 0.2) is 22.5 Å². The van der Waals surface area contributed by atoms with Crippen LogP contribution in [-0.2, 0) is 6.42 Å². The molecule has 0 bridgehead atoms. The van der Waals surface area contributed by atoms with Crippen LogP contribution in [0.4, 0.5) is 0 Å². The molecule has 2 aliphatic rings. The Labute approximate surface area is 102 Å². The molecule has 92 valence electrons. The van der Waals surface area contributed by atoms with Crippen molar-refractivity contribution in [1.29, 1.82) is 0 Å². The highest BCUT2D eigenvalue weighted by Gasteiger charge is 2.45. The van der Waals surface area contributed by atoms with Crippen LogP contribution in [0.5, 0.6) is 0 Å². The molecule has 0 aromatic carbocycles. The average molecular weight is 232 g/mol. The summed E-state index contributed by atoms with van der Waals surface area (Å²) in [4.78, 5) is 0. The molecule has 1 heterocycles. The molecule has 1 fully saturated rings. The van der Waals surface area contributed by atoms with Crippen LogP contribution in [-0.4, -0.2) is 10.7 Å². The molecule has 0 radical (unpaired) electrons. The van der Waals surface area contributed by atoms with Crippen molar-refractivity contribution < 1.29 is 9.52 Å². The number of hydrogen-bond acceptors (Lipinski definition) is 2. The summed E-state index contributed by atoms with van der Waals surface area (Å²) in [6.07, 6.45) is 8.66. The minimum Gasteiger partial charge on any atom is -0.472 e.